The van der Waals surface area contributed by atoms with Gasteiger partial charge in [-0.05, 0) is 24.6 Å². The van der Waals surface area contributed by atoms with Crippen LogP contribution in [0.2, 0.25) is 0 Å². The lowest BCUT2D eigenvalue weighted by molar-refractivity contribution is -0.207. The molecule has 96 valence electrons. The second-order valence-electron chi connectivity index (χ2n) is 5.06. The summed E-state index contributed by atoms with van der Waals surface area (Å²) in [6.07, 6.45) is -0.418. The standard InChI is InChI=1S/C13H10F4O/c1-6-5-12(18)10-7(3-4-8(14)9(6)10)13(16,17)11(12,2)15/h3-4,18H,1,5H2,2H3/t11?,12-/m1/s1. The molecule has 2 aliphatic rings. The van der Waals surface area contributed by atoms with E-state index in [2.05, 4.69) is 6.58 Å². The average molecular weight is 258 g/mol. The molecule has 1 aromatic rings. The van der Waals surface area contributed by atoms with Crippen molar-refractivity contribution in [3.63, 3.8) is 0 Å². The van der Waals surface area contributed by atoms with Gasteiger partial charge in [0.15, 0.2) is 0 Å². The van der Waals surface area contributed by atoms with E-state index in [1.54, 1.807) is 0 Å². The Hall–Kier alpha value is -1.36. The van der Waals surface area contributed by atoms with E-state index in [4.69, 9.17) is 0 Å². The fourth-order valence-electron chi connectivity index (χ4n) is 3.01. The second kappa shape index (κ2) is 2.79. The van der Waals surface area contributed by atoms with E-state index >= 15 is 0 Å². The Kier molecular flexibility index (Phi) is 1.82. The van der Waals surface area contributed by atoms with Gasteiger partial charge >= 0.3 is 5.92 Å². The van der Waals surface area contributed by atoms with Gasteiger partial charge in [-0.3, -0.25) is 0 Å². The lowest BCUT2D eigenvalue weighted by atomic mass is 9.85. The molecule has 18 heavy (non-hydrogen) atoms. The third-order valence-electron chi connectivity index (χ3n) is 4.10. The molecule has 5 heteroatoms. The third-order valence-corrected chi connectivity index (χ3v) is 4.10. The van der Waals surface area contributed by atoms with Crippen molar-refractivity contribution >= 4 is 5.57 Å². The van der Waals surface area contributed by atoms with Crippen LogP contribution in [0.4, 0.5) is 17.6 Å². The Morgan fingerprint density at radius 2 is 1.89 bits per heavy atom. The first kappa shape index (κ1) is 11.7. The molecule has 0 aliphatic heterocycles. The summed E-state index contributed by atoms with van der Waals surface area (Å²) < 4.78 is 56.1. The summed E-state index contributed by atoms with van der Waals surface area (Å²) >= 11 is 0. The summed E-state index contributed by atoms with van der Waals surface area (Å²) in [4.78, 5) is 0. The smallest absolute Gasteiger partial charge is 0.309 e. The lowest BCUT2D eigenvalue weighted by Crippen LogP contribution is -2.49. The normalized spacial score (nSPS) is 36.0. The van der Waals surface area contributed by atoms with Gasteiger partial charge in [0.25, 0.3) is 0 Å². The molecule has 0 bridgehead atoms. The molecule has 1 aromatic carbocycles. The second-order valence-corrected chi connectivity index (χ2v) is 5.06. The van der Waals surface area contributed by atoms with Crippen molar-refractivity contribution in [2.75, 3.05) is 0 Å². The van der Waals surface area contributed by atoms with Crippen LogP contribution in [0.25, 0.3) is 5.57 Å². The Morgan fingerprint density at radius 3 is 2.50 bits per heavy atom. The predicted octanol–water partition coefficient (Wildman–Crippen LogP) is 3.26. The molecule has 1 nitrogen and oxygen atoms in total. The van der Waals surface area contributed by atoms with Crippen LogP contribution in [0.15, 0.2) is 18.7 Å². The molecule has 0 amide bonds. The number of hydrogen-bond acceptors (Lipinski definition) is 1. The molecular formula is C13H10F4O. The largest absolute Gasteiger partial charge is 0.381 e. The maximum atomic E-state index is 14.4. The number of benzene rings is 1. The van der Waals surface area contributed by atoms with Crippen molar-refractivity contribution in [3.8, 4) is 0 Å². The van der Waals surface area contributed by atoms with Gasteiger partial charge in [0.05, 0.1) is 0 Å². The lowest BCUT2D eigenvalue weighted by Gasteiger charge is -2.34. The summed E-state index contributed by atoms with van der Waals surface area (Å²) in [5.74, 6) is -4.61. The van der Waals surface area contributed by atoms with Gasteiger partial charge < -0.3 is 5.11 Å². The van der Waals surface area contributed by atoms with Crippen molar-refractivity contribution in [2.45, 2.75) is 30.5 Å². The highest BCUT2D eigenvalue weighted by atomic mass is 19.3. The molecule has 0 spiro atoms. The maximum Gasteiger partial charge on any atom is 0.309 e. The quantitative estimate of drug-likeness (QED) is 0.708. The van der Waals surface area contributed by atoms with Gasteiger partial charge in [-0.2, -0.15) is 8.78 Å². The van der Waals surface area contributed by atoms with Crippen LogP contribution in [0, 0.1) is 5.82 Å². The molecular weight excluding hydrogens is 248 g/mol. The fourth-order valence-corrected chi connectivity index (χ4v) is 3.01. The Morgan fingerprint density at radius 1 is 1.28 bits per heavy atom. The van der Waals surface area contributed by atoms with Gasteiger partial charge in [-0.25, -0.2) is 8.78 Å². The Bertz CT molecular complexity index is 591. The first-order valence-corrected chi connectivity index (χ1v) is 5.45. The summed E-state index contributed by atoms with van der Waals surface area (Å²) in [5.41, 5.74) is -6.60. The topological polar surface area (TPSA) is 20.2 Å². The maximum absolute atomic E-state index is 14.4. The van der Waals surface area contributed by atoms with E-state index in [1.807, 2.05) is 0 Å². The zero-order valence-electron chi connectivity index (χ0n) is 9.53. The molecule has 2 aliphatic carbocycles. The minimum absolute atomic E-state index is 0.145. The van der Waals surface area contributed by atoms with E-state index in [-0.39, 0.29) is 16.7 Å². The van der Waals surface area contributed by atoms with Gasteiger partial charge in [0.1, 0.15) is 11.4 Å². The van der Waals surface area contributed by atoms with E-state index in [0.29, 0.717) is 6.92 Å². The molecule has 0 heterocycles. The van der Waals surface area contributed by atoms with Gasteiger partial charge in [-0.1, -0.05) is 6.58 Å². The molecule has 0 saturated carbocycles. The summed E-state index contributed by atoms with van der Waals surface area (Å²) in [5, 5.41) is 10.3. The fraction of sp³-hybridized carbons (Fsp3) is 0.385. The van der Waals surface area contributed by atoms with Crippen molar-refractivity contribution in [3.05, 3.63) is 41.2 Å². The van der Waals surface area contributed by atoms with Gasteiger partial charge in [0.2, 0.25) is 5.67 Å². The number of hydrogen-bond donors (Lipinski definition) is 1. The van der Waals surface area contributed by atoms with Crippen LogP contribution in [0.1, 0.15) is 30.0 Å². The molecule has 1 N–H and O–H groups in total. The van der Waals surface area contributed by atoms with E-state index < -0.39 is 35.0 Å². The monoisotopic (exact) mass is 258 g/mol. The highest BCUT2D eigenvalue weighted by Crippen LogP contribution is 2.66. The Labute approximate surface area is 101 Å². The van der Waals surface area contributed by atoms with Crippen LogP contribution in [-0.4, -0.2) is 10.8 Å². The predicted molar refractivity (Wildman–Crippen MR) is 57.4 cm³/mol. The van der Waals surface area contributed by atoms with Crippen LogP contribution in [0.3, 0.4) is 0 Å². The zero-order chi connectivity index (χ0) is 13.5. The summed E-state index contributed by atoms with van der Waals surface area (Å²) in [7, 11) is 0. The summed E-state index contributed by atoms with van der Waals surface area (Å²) in [6.45, 7) is 4.17. The zero-order valence-corrected chi connectivity index (χ0v) is 9.53. The van der Waals surface area contributed by atoms with Crippen molar-refractivity contribution in [1.29, 1.82) is 0 Å². The van der Waals surface area contributed by atoms with Crippen LogP contribution in [-0.2, 0) is 11.5 Å². The number of rotatable bonds is 0. The van der Waals surface area contributed by atoms with Crippen LogP contribution in [0.5, 0.6) is 0 Å². The minimum atomic E-state index is -3.85. The first-order valence-electron chi connectivity index (χ1n) is 5.45. The number of alkyl halides is 3. The highest BCUT2D eigenvalue weighted by molar-refractivity contribution is 5.78. The van der Waals surface area contributed by atoms with Crippen molar-refractivity contribution in [2.24, 2.45) is 0 Å². The molecule has 0 saturated heterocycles. The van der Waals surface area contributed by atoms with Crippen molar-refractivity contribution in [1.82, 2.24) is 0 Å². The average Bonchev–Trinajstić information content (AvgIpc) is 2.58. The van der Waals surface area contributed by atoms with Crippen LogP contribution >= 0.6 is 0 Å². The van der Waals surface area contributed by atoms with E-state index in [9.17, 15) is 22.7 Å². The SMILES string of the molecule is C=C1C[C@@]2(O)c3c(ccc(F)c31)C(F)(F)C2(C)F. The minimum Gasteiger partial charge on any atom is -0.381 e. The number of halogens is 4. The van der Waals surface area contributed by atoms with E-state index in [0.717, 1.165) is 12.1 Å². The van der Waals surface area contributed by atoms with Gasteiger partial charge in [-0.15, -0.1) is 0 Å². The molecule has 0 radical (unpaired) electrons. The molecule has 3 rings (SSSR count). The highest BCUT2D eigenvalue weighted by Gasteiger charge is 2.74. The molecule has 2 atom stereocenters. The first-order chi connectivity index (χ1) is 8.14. The third kappa shape index (κ3) is 0.912. The Balaban J connectivity index is 2.48. The van der Waals surface area contributed by atoms with Crippen molar-refractivity contribution < 1.29 is 22.7 Å². The van der Waals surface area contributed by atoms with Crippen LogP contribution < -0.4 is 0 Å². The molecule has 0 fully saturated rings. The van der Waals surface area contributed by atoms with Gasteiger partial charge in [0, 0.05) is 23.1 Å². The number of aliphatic hydroxyl groups is 1. The molecule has 0 aromatic heterocycles. The summed E-state index contributed by atoms with van der Waals surface area (Å²) in [6, 6.07) is 1.70. The van der Waals surface area contributed by atoms with E-state index in [1.165, 1.54) is 0 Å². The molecule has 1 unspecified atom stereocenters.